The summed E-state index contributed by atoms with van der Waals surface area (Å²) in [7, 11) is 0. The number of imide groups is 1. The number of carbonyl (C=O) groups excluding carboxylic acids is 2. The second-order valence-electron chi connectivity index (χ2n) is 6.98. The van der Waals surface area contributed by atoms with Crippen LogP contribution in [0.25, 0.3) is 0 Å². The summed E-state index contributed by atoms with van der Waals surface area (Å²) in [5.74, 6) is -0.0408. The molecular formula is C25H22N2O3S. The average molecular weight is 431 g/mol. The smallest absolute Gasteiger partial charge is 0.283 e. The lowest BCUT2D eigenvalue weighted by Gasteiger charge is -2.16. The molecule has 2 amide bonds. The molecule has 5 nitrogen and oxygen atoms in total. The number of anilines is 2. The van der Waals surface area contributed by atoms with E-state index in [4.69, 9.17) is 4.74 Å². The second-order valence-corrected chi connectivity index (χ2v) is 8.07. The normalized spacial score (nSPS) is 13.7. The number of amides is 2. The third-order valence-corrected chi connectivity index (χ3v) is 5.82. The molecule has 4 rings (SSSR count). The number of thioether (sulfide) groups is 1. The van der Waals surface area contributed by atoms with Crippen molar-refractivity contribution in [2.24, 2.45) is 0 Å². The summed E-state index contributed by atoms with van der Waals surface area (Å²) in [5, 5.41) is 3.16. The lowest BCUT2D eigenvalue weighted by molar-refractivity contribution is -0.120. The van der Waals surface area contributed by atoms with Gasteiger partial charge in [-0.2, -0.15) is 0 Å². The maximum Gasteiger partial charge on any atom is 0.283 e. The fourth-order valence-corrected chi connectivity index (χ4v) is 4.12. The number of aryl methyl sites for hydroxylation is 1. The van der Waals surface area contributed by atoms with Crippen molar-refractivity contribution in [1.82, 2.24) is 0 Å². The average Bonchev–Trinajstić information content (AvgIpc) is 3.01. The molecule has 156 valence electrons. The van der Waals surface area contributed by atoms with Crippen LogP contribution in [-0.2, 0) is 9.59 Å². The molecule has 3 aromatic carbocycles. The van der Waals surface area contributed by atoms with Gasteiger partial charge in [-0.1, -0.05) is 47.7 Å². The van der Waals surface area contributed by atoms with E-state index in [0.29, 0.717) is 22.9 Å². The fraction of sp³-hybridized carbons (Fsp3) is 0.120. The summed E-state index contributed by atoms with van der Waals surface area (Å²) >= 11 is 1.29. The fourth-order valence-electron chi connectivity index (χ4n) is 3.20. The highest BCUT2D eigenvalue weighted by atomic mass is 32.2. The highest BCUT2D eigenvalue weighted by molar-refractivity contribution is 8.04. The summed E-state index contributed by atoms with van der Waals surface area (Å²) in [4.78, 5) is 29.1. The molecule has 3 aromatic rings. The maximum atomic E-state index is 13.4. The van der Waals surface area contributed by atoms with E-state index in [1.165, 1.54) is 16.7 Å². The van der Waals surface area contributed by atoms with Crippen molar-refractivity contribution in [2.75, 3.05) is 16.8 Å². The van der Waals surface area contributed by atoms with Gasteiger partial charge in [0.1, 0.15) is 16.4 Å². The maximum absolute atomic E-state index is 13.4. The number of benzene rings is 3. The molecule has 1 N–H and O–H groups in total. The summed E-state index contributed by atoms with van der Waals surface area (Å²) in [5.41, 5.74) is 2.65. The molecule has 0 bridgehead atoms. The van der Waals surface area contributed by atoms with E-state index in [1.807, 2.05) is 68.4 Å². The first-order chi connectivity index (χ1) is 15.1. The molecule has 1 aliphatic heterocycles. The van der Waals surface area contributed by atoms with E-state index < -0.39 is 0 Å². The van der Waals surface area contributed by atoms with E-state index in [-0.39, 0.29) is 17.5 Å². The third kappa shape index (κ3) is 4.49. The van der Waals surface area contributed by atoms with E-state index in [9.17, 15) is 9.59 Å². The molecule has 0 saturated heterocycles. The quantitative estimate of drug-likeness (QED) is 0.510. The molecule has 0 saturated carbocycles. The standard InChI is InChI=1S/C25H22N2O3S/c1-3-30-20-13-11-19(12-14-20)27-24(28)22(26-18-7-5-4-6-8-18)23(25(27)29)31-21-15-9-17(2)10-16-21/h4-16,26H,3H2,1-2H3. The van der Waals surface area contributed by atoms with Gasteiger partial charge in [0, 0.05) is 10.6 Å². The number of nitrogens with one attached hydrogen (secondary N) is 1. The largest absolute Gasteiger partial charge is 0.494 e. The molecule has 6 heteroatoms. The monoisotopic (exact) mass is 430 g/mol. The van der Waals surface area contributed by atoms with Crippen LogP contribution >= 0.6 is 11.8 Å². The van der Waals surface area contributed by atoms with E-state index >= 15 is 0 Å². The van der Waals surface area contributed by atoms with Crippen LogP contribution in [0.15, 0.2) is 94.4 Å². The Morgan fingerprint density at radius 2 is 1.55 bits per heavy atom. The lowest BCUT2D eigenvalue weighted by atomic mass is 10.2. The van der Waals surface area contributed by atoms with Crippen LogP contribution in [0.1, 0.15) is 12.5 Å². The molecule has 0 aromatic heterocycles. The van der Waals surface area contributed by atoms with Gasteiger partial charge in [0.05, 0.1) is 12.3 Å². The molecular weight excluding hydrogens is 408 g/mol. The van der Waals surface area contributed by atoms with Gasteiger partial charge in [-0.25, -0.2) is 4.90 Å². The van der Waals surface area contributed by atoms with Crippen molar-refractivity contribution in [1.29, 1.82) is 0 Å². The highest BCUT2D eigenvalue weighted by Gasteiger charge is 2.40. The minimum Gasteiger partial charge on any atom is -0.494 e. The molecule has 1 heterocycles. The number of rotatable bonds is 7. The Kier molecular flexibility index (Phi) is 6.09. The van der Waals surface area contributed by atoms with Crippen LogP contribution in [0.5, 0.6) is 5.75 Å². The predicted molar refractivity (Wildman–Crippen MR) is 124 cm³/mol. The van der Waals surface area contributed by atoms with E-state index in [1.54, 1.807) is 24.3 Å². The first-order valence-electron chi connectivity index (χ1n) is 9.99. The molecule has 0 atom stereocenters. The number of hydrogen-bond acceptors (Lipinski definition) is 5. The van der Waals surface area contributed by atoms with Gasteiger partial charge in [0.2, 0.25) is 0 Å². The number of hydrogen-bond donors (Lipinski definition) is 1. The predicted octanol–water partition coefficient (Wildman–Crippen LogP) is 5.38. The lowest BCUT2D eigenvalue weighted by Crippen LogP contribution is -2.32. The van der Waals surface area contributed by atoms with Crippen molar-refractivity contribution in [3.63, 3.8) is 0 Å². The Morgan fingerprint density at radius 3 is 2.19 bits per heavy atom. The Morgan fingerprint density at radius 1 is 0.871 bits per heavy atom. The highest BCUT2D eigenvalue weighted by Crippen LogP contribution is 2.38. The second kappa shape index (κ2) is 9.10. The zero-order valence-corrected chi connectivity index (χ0v) is 18.1. The molecule has 0 aliphatic carbocycles. The summed E-state index contributed by atoms with van der Waals surface area (Å²) in [6.45, 7) is 4.46. The molecule has 31 heavy (non-hydrogen) atoms. The SMILES string of the molecule is CCOc1ccc(N2C(=O)C(Nc3ccccc3)=C(Sc3ccc(C)cc3)C2=O)cc1. The molecule has 0 radical (unpaired) electrons. The van der Waals surface area contributed by atoms with Crippen molar-refractivity contribution >= 4 is 35.0 Å². The molecule has 0 fully saturated rings. The Balaban J connectivity index is 1.69. The Labute approximate surface area is 185 Å². The van der Waals surface area contributed by atoms with Crippen LogP contribution in [-0.4, -0.2) is 18.4 Å². The van der Waals surface area contributed by atoms with Gasteiger partial charge in [-0.15, -0.1) is 0 Å². The molecule has 0 unspecified atom stereocenters. The van der Waals surface area contributed by atoms with Crippen molar-refractivity contribution in [3.05, 3.63) is 95.0 Å². The zero-order chi connectivity index (χ0) is 21.8. The van der Waals surface area contributed by atoms with Gasteiger partial charge < -0.3 is 10.1 Å². The number of carbonyl (C=O) groups is 2. The third-order valence-electron chi connectivity index (χ3n) is 4.73. The van der Waals surface area contributed by atoms with Gasteiger partial charge in [-0.05, 0) is 62.4 Å². The van der Waals surface area contributed by atoms with Gasteiger partial charge in [0.15, 0.2) is 0 Å². The van der Waals surface area contributed by atoms with E-state index in [2.05, 4.69) is 5.32 Å². The first-order valence-corrected chi connectivity index (χ1v) is 10.8. The van der Waals surface area contributed by atoms with Crippen molar-refractivity contribution in [3.8, 4) is 5.75 Å². The number of para-hydroxylation sites is 1. The van der Waals surface area contributed by atoms with Crippen molar-refractivity contribution in [2.45, 2.75) is 18.7 Å². The summed E-state index contributed by atoms with van der Waals surface area (Å²) < 4.78 is 5.47. The molecule has 0 spiro atoms. The zero-order valence-electron chi connectivity index (χ0n) is 17.3. The number of ether oxygens (including phenoxy) is 1. The van der Waals surface area contributed by atoms with Crippen LogP contribution in [0.2, 0.25) is 0 Å². The first kappa shape index (κ1) is 20.8. The topological polar surface area (TPSA) is 58.6 Å². The van der Waals surface area contributed by atoms with Crippen LogP contribution in [0.3, 0.4) is 0 Å². The summed E-state index contributed by atoms with van der Waals surface area (Å²) in [6.07, 6.45) is 0. The van der Waals surface area contributed by atoms with Gasteiger partial charge in [0.25, 0.3) is 11.8 Å². The van der Waals surface area contributed by atoms with Crippen LogP contribution < -0.4 is 15.0 Å². The Hall–Kier alpha value is -3.51. The minimum absolute atomic E-state index is 0.274. The molecule has 1 aliphatic rings. The minimum atomic E-state index is -0.382. The number of nitrogens with zero attached hydrogens (tertiary/aromatic N) is 1. The van der Waals surface area contributed by atoms with Gasteiger partial charge in [-0.3, -0.25) is 9.59 Å². The Bertz CT molecular complexity index is 1120. The van der Waals surface area contributed by atoms with Crippen LogP contribution in [0, 0.1) is 6.92 Å². The summed E-state index contributed by atoms with van der Waals surface area (Å²) in [6, 6.07) is 24.2. The van der Waals surface area contributed by atoms with Crippen molar-refractivity contribution < 1.29 is 14.3 Å². The van der Waals surface area contributed by atoms with E-state index in [0.717, 1.165) is 16.1 Å². The van der Waals surface area contributed by atoms with Crippen LogP contribution in [0.4, 0.5) is 11.4 Å². The van der Waals surface area contributed by atoms with Gasteiger partial charge >= 0.3 is 0 Å².